The normalized spacial score (nSPS) is 21.7. The number of nitrogens with one attached hydrogen (secondary N) is 1. The molecule has 1 aliphatic heterocycles. The summed E-state index contributed by atoms with van der Waals surface area (Å²) in [6, 6.07) is 0. The van der Waals surface area contributed by atoms with Gasteiger partial charge in [-0.2, -0.15) is 0 Å². The first kappa shape index (κ1) is 15.3. The van der Waals surface area contributed by atoms with Gasteiger partial charge in [0.25, 0.3) is 0 Å². The number of anilines is 2. The molecule has 3 heterocycles. The second-order valence-electron chi connectivity index (χ2n) is 6.56. The van der Waals surface area contributed by atoms with Crippen molar-refractivity contribution in [2.75, 3.05) is 43.6 Å². The van der Waals surface area contributed by atoms with Crippen molar-refractivity contribution in [3.05, 3.63) is 35.4 Å². The highest BCUT2D eigenvalue weighted by Crippen LogP contribution is 2.42. The van der Waals surface area contributed by atoms with E-state index in [1.165, 1.54) is 11.3 Å². The lowest BCUT2D eigenvalue weighted by Gasteiger charge is -2.17. The molecular weight excluding hydrogens is 304 g/mol. The van der Waals surface area contributed by atoms with Crippen LogP contribution in [0.15, 0.2) is 18.6 Å². The monoisotopic (exact) mass is 326 g/mol. The summed E-state index contributed by atoms with van der Waals surface area (Å²) >= 11 is 0. The Morgan fingerprint density at radius 2 is 2.04 bits per heavy atom. The molecular formula is C17H22N6O. The molecule has 2 aromatic heterocycles. The Morgan fingerprint density at radius 1 is 1.21 bits per heavy atom. The molecule has 24 heavy (non-hydrogen) atoms. The van der Waals surface area contributed by atoms with E-state index in [-0.39, 0.29) is 0 Å². The first-order valence-electron chi connectivity index (χ1n) is 8.37. The van der Waals surface area contributed by atoms with E-state index in [0.717, 1.165) is 31.0 Å². The number of rotatable bonds is 5. The van der Waals surface area contributed by atoms with Crippen molar-refractivity contribution in [2.24, 2.45) is 5.92 Å². The zero-order valence-electron chi connectivity index (χ0n) is 14.1. The molecule has 2 aromatic rings. The number of aromatic nitrogens is 4. The van der Waals surface area contributed by atoms with Gasteiger partial charge in [-0.1, -0.05) is 0 Å². The van der Waals surface area contributed by atoms with Gasteiger partial charge in [0.1, 0.15) is 0 Å². The van der Waals surface area contributed by atoms with Crippen molar-refractivity contribution in [1.82, 2.24) is 19.9 Å². The Bertz CT molecular complexity index is 720. The van der Waals surface area contributed by atoms with Crippen LogP contribution in [0.3, 0.4) is 0 Å². The molecule has 1 saturated heterocycles. The van der Waals surface area contributed by atoms with Crippen molar-refractivity contribution >= 4 is 11.9 Å². The van der Waals surface area contributed by atoms with Crippen LogP contribution >= 0.6 is 0 Å². The van der Waals surface area contributed by atoms with Gasteiger partial charge in [0, 0.05) is 51.3 Å². The summed E-state index contributed by atoms with van der Waals surface area (Å²) in [5, 5.41) is 3.22. The highest BCUT2D eigenvalue weighted by Gasteiger charge is 2.42. The molecule has 0 bridgehead atoms. The summed E-state index contributed by atoms with van der Waals surface area (Å²) in [6.07, 6.45) is 6.78. The number of fused-ring (bicyclic) bond motifs is 3. The van der Waals surface area contributed by atoms with Gasteiger partial charge < -0.3 is 15.0 Å². The standard InChI is InChI=1S/C17H22N6O/c1-11-6-20-17(21-7-11)23-9-13-5-12-8-19-16(18-3-4-24-2)22-15(12)14(13)10-23/h6-8,13-14H,3-5,9-10H2,1-2H3,(H,18,19,22)/t13-,14+/m1/s1. The molecule has 0 radical (unpaired) electrons. The fourth-order valence-electron chi connectivity index (χ4n) is 3.63. The van der Waals surface area contributed by atoms with Crippen LogP contribution in [0.2, 0.25) is 0 Å². The van der Waals surface area contributed by atoms with Gasteiger partial charge in [0.15, 0.2) is 0 Å². The quantitative estimate of drug-likeness (QED) is 0.833. The summed E-state index contributed by atoms with van der Waals surface area (Å²) in [5.41, 5.74) is 3.55. The van der Waals surface area contributed by atoms with Crippen molar-refractivity contribution in [3.8, 4) is 0 Å². The van der Waals surface area contributed by atoms with E-state index < -0.39 is 0 Å². The zero-order valence-corrected chi connectivity index (χ0v) is 14.1. The number of ether oxygens (including phenoxy) is 1. The lowest BCUT2D eigenvalue weighted by molar-refractivity contribution is 0.210. The molecule has 2 atom stereocenters. The summed E-state index contributed by atoms with van der Waals surface area (Å²) in [4.78, 5) is 20.4. The predicted octanol–water partition coefficient (Wildman–Crippen LogP) is 1.41. The van der Waals surface area contributed by atoms with Crippen molar-refractivity contribution in [1.29, 1.82) is 0 Å². The van der Waals surface area contributed by atoms with Gasteiger partial charge in [-0.05, 0) is 30.4 Å². The minimum atomic E-state index is 0.441. The first-order valence-corrected chi connectivity index (χ1v) is 8.37. The zero-order chi connectivity index (χ0) is 16.5. The minimum absolute atomic E-state index is 0.441. The van der Waals surface area contributed by atoms with Crippen LogP contribution in [0.4, 0.5) is 11.9 Å². The molecule has 1 aliphatic carbocycles. The van der Waals surface area contributed by atoms with E-state index in [4.69, 9.17) is 9.72 Å². The van der Waals surface area contributed by atoms with Gasteiger partial charge in [0.2, 0.25) is 11.9 Å². The van der Waals surface area contributed by atoms with Crippen LogP contribution in [0.1, 0.15) is 22.7 Å². The highest BCUT2D eigenvalue weighted by atomic mass is 16.5. The summed E-state index contributed by atoms with van der Waals surface area (Å²) in [7, 11) is 1.69. The molecule has 0 spiro atoms. The maximum Gasteiger partial charge on any atom is 0.225 e. The van der Waals surface area contributed by atoms with Gasteiger partial charge in [-0.3, -0.25) is 0 Å². The number of hydrogen-bond donors (Lipinski definition) is 1. The van der Waals surface area contributed by atoms with Crippen LogP contribution in [-0.2, 0) is 11.2 Å². The maximum absolute atomic E-state index is 5.06. The topological polar surface area (TPSA) is 76.1 Å². The summed E-state index contributed by atoms with van der Waals surface area (Å²) in [6.45, 7) is 5.28. The molecule has 0 amide bonds. The van der Waals surface area contributed by atoms with Crippen molar-refractivity contribution < 1.29 is 4.74 Å². The number of nitrogens with zero attached hydrogens (tertiary/aromatic N) is 5. The summed E-state index contributed by atoms with van der Waals surface area (Å²) < 4.78 is 5.06. The molecule has 0 aromatic carbocycles. The van der Waals surface area contributed by atoms with E-state index in [0.29, 0.717) is 30.9 Å². The third-order valence-corrected chi connectivity index (χ3v) is 4.81. The molecule has 1 fully saturated rings. The van der Waals surface area contributed by atoms with Gasteiger partial charge in [-0.15, -0.1) is 0 Å². The Balaban J connectivity index is 1.50. The van der Waals surface area contributed by atoms with Crippen molar-refractivity contribution in [3.63, 3.8) is 0 Å². The first-order chi connectivity index (χ1) is 11.7. The van der Waals surface area contributed by atoms with Gasteiger partial charge in [0.05, 0.1) is 12.3 Å². The number of hydrogen-bond acceptors (Lipinski definition) is 7. The van der Waals surface area contributed by atoms with Crippen molar-refractivity contribution in [2.45, 2.75) is 19.3 Å². The van der Waals surface area contributed by atoms with Crippen LogP contribution in [0, 0.1) is 12.8 Å². The minimum Gasteiger partial charge on any atom is -0.383 e. The van der Waals surface area contributed by atoms with E-state index in [9.17, 15) is 0 Å². The molecule has 2 aliphatic rings. The SMILES string of the molecule is COCCNc1ncc2c(n1)[C@H]1CN(c3ncc(C)cn3)C[C@H]1C2. The predicted molar refractivity (Wildman–Crippen MR) is 91.3 cm³/mol. The Labute approximate surface area is 141 Å². The lowest BCUT2D eigenvalue weighted by atomic mass is 9.99. The largest absolute Gasteiger partial charge is 0.383 e. The third-order valence-electron chi connectivity index (χ3n) is 4.81. The fourth-order valence-corrected chi connectivity index (χ4v) is 3.63. The van der Waals surface area contributed by atoms with E-state index in [1.54, 1.807) is 7.11 Å². The molecule has 4 rings (SSSR count). The van der Waals surface area contributed by atoms with E-state index in [2.05, 4.69) is 25.2 Å². The van der Waals surface area contributed by atoms with Gasteiger partial charge in [-0.25, -0.2) is 19.9 Å². The Morgan fingerprint density at radius 3 is 2.83 bits per heavy atom. The number of aryl methyl sites for hydroxylation is 1. The lowest BCUT2D eigenvalue weighted by Crippen LogP contribution is -2.23. The second kappa shape index (κ2) is 6.32. The third kappa shape index (κ3) is 2.80. The maximum atomic E-state index is 5.06. The molecule has 7 heteroatoms. The molecule has 0 saturated carbocycles. The number of methoxy groups -OCH3 is 1. The Kier molecular flexibility index (Phi) is 4.02. The summed E-state index contributed by atoms with van der Waals surface area (Å²) in [5.74, 6) is 2.53. The average molecular weight is 326 g/mol. The molecule has 7 nitrogen and oxygen atoms in total. The molecule has 0 unspecified atom stereocenters. The van der Waals surface area contributed by atoms with Crippen LogP contribution in [0.5, 0.6) is 0 Å². The van der Waals surface area contributed by atoms with E-state index >= 15 is 0 Å². The Hall–Kier alpha value is -2.28. The van der Waals surface area contributed by atoms with E-state index in [1.807, 2.05) is 25.5 Å². The average Bonchev–Trinajstić information content (AvgIpc) is 3.14. The molecule has 1 N–H and O–H groups in total. The van der Waals surface area contributed by atoms with Gasteiger partial charge >= 0.3 is 0 Å². The second-order valence-corrected chi connectivity index (χ2v) is 6.56. The van der Waals surface area contributed by atoms with Crippen LogP contribution in [-0.4, -0.2) is 53.3 Å². The fraction of sp³-hybridized carbons (Fsp3) is 0.529. The highest BCUT2D eigenvalue weighted by molar-refractivity contribution is 5.42. The molecule has 126 valence electrons. The van der Waals surface area contributed by atoms with Crippen LogP contribution in [0.25, 0.3) is 0 Å². The smallest absolute Gasteiger partial charge is 0.225 e. The van der Waals surface area contributed by atoms with Crippen LogP contribution < -0.4 is 10.2 Å².